The molecule has 1 saturated carbocycles. The molecule has 2 N–H and O–H groups in total. The van der Waals surface area contributed by atoms with Gasteiger partial charge in [-0.2, -0.15) is 8.78 Å². The van der Waals surface area contributed by atoms with E-state index in [0.29, 0.717) is 12.8 Å². The normalized spacial score (nSPS) is 25.2. The molecule has 1 aliphatic carbocycles. The molecule has 2 aliphatic rings. The zero-order valence-corrected chi connectivity index (χ0v) is 15.4. The van der Waals surface area contributed by atoms with Gasteiger partial charge in [0.15, 0.2) is 0 Å². The van der Waals surface area contributed by atoms with E-state index < -0.39 is 23.5 Å². The van der Waals surface area contributed by atoms with Crippen LogP contribution in [0.2, 0.25) is 0 Å². The highest BCUT2D eigenvalue weighted by molar-refractivity contribution is 5.85. The molecule has 2 fully saturated rings. The molecule has 0 radical (unpaired) electrons. The maximum atomic E-state index is 14.7. The van der Waals surface area contributed by atoms with Crippen molar-refractivity contribution in [1.82, 2.24) is 4.90 Å². The Bertz CT molecular complexity index is 632. The van der Waals surface area contributed by atoms with Gasteiger partial charge in [0.1, 0.15) is 11.4 Å². The van der Waals surface area contributed by atoms with Gasteiger partial charge in [-0.1, -0.05) is 12.1 Å². The molecule has 2 atom stereocenters. The maximum absolute atomic E-state index is 14.7. The Morgan fingerprint density at radius 2 is 1.92 bits per heavy atom. The molecule has 0 bridgehead atoms. The maximum Gasteiger partial charge on any atom is 0.352 e. The van der Waals surface area contributed by atoms with E-state index in [0.717, 1.165) is 10.5 Å². The first-order chi connectivity index (χ1) is 11.8. The van der Waals surface area contributed by atoms with Crippen molar-refractivity contribution in [3.63, 3.8) is 0 Å². The molecule has 1 amide bonds. The van der Waals surface area contributed by atoms with Crippen LogP contribution in [0.15, 0.2) is 24.3 Å². The second-order valence-electron chi connectivity index (χ2n) is 6.99. The topological polar surface area (TPSA) is 55.6 Å². The fraction of sp³-hybridized carbons (Fsp3) is 0.611. The summed E-state index contributed by atoms with van der Waals surface area (Å²) >= 11 is 0. The number of carbonyl (C=O) groups excluding carboxylic acids is 1. The molecule has 1 aromatic rings. The largest absolute Gasteiger partial charge is 0.371 e. The zero-order valence-electron chi connectivity index (χ0n) is 14.6. The van der Waals surface area contributed by atoms with Gasteiger partial charge in [-0.05, 0) is 43.4 Å². The molecular formula is C18H24ClF3N2O2. The Balaban J connectivity index is 0.00000243. The van der Waals surface area contributed by atoms with Gasteiger partial charge in [-0.15, -0.1) is 12.4 Å². The standard InChI is InChI=1S/C18H23F3N2O2.ClH/c1-25-17(8-2-9-17)18(20,21)16(24)23-10-7-14(15(22)11-23)12-3-5-13(19)6-4-12;/h3-6,14-15H,2,7-11,22H2,1H3;1H. The minimum absolute atomic E-state index is 0. The summed E-state index contributed by atoms with van der Waals surface area (Å²) < 4.78 is 47.5. The summed E-state index contributed by atoms with van der Waals surface area (Å²) in [5.74, 6) is -5.18. The summed E-state index contributed by atoms with van der Waals surface area (Å²) in [7, 11) is 1.23. The number of hydrogen-bond donors (Lipinski definition) is 1. The van der Waals surface area contributed by atoms with Crippen molar-refractivity contribution < 1.29 is 22.7 Å². The Kier molecular flexibility index (Phi) is 6.25. The van der Waals surface area contributed by atoms with Crippen LogP contribution in [-0.2, 0) is 9.53 Å². The number of halogens is 4. The van der Waals surface area contributed by atoms with Crippen molar-refractivity contribution >= 4 is 18.3 Å². The van der Waals surface area contributed by atoms with E-state index in [1.165, 1.54) is 19.2 Å². The van der Waals surface area contributed by atoms with Crippen molar-refractivity contribution in [2.75, 3.05) is 20.2 Å². The number of methoxy groups -OCH3 is 1. The minimum Gasteiger partial charge on any atom is -0.371 e. The highest BCUT2D eigenvalue weighted by Crippen LogP contribution is 2.48. The van der Waals surface area contributed by atoms with Crippen LogP contribution in [0.1, 0.15) is 37.2 Å². The van der Waals surface area contributed by atoms with E-state index in [1.807, 2.05) is 0 Å². The predicted octanol–water partition coefficient (Wildman–Crippen LogP) is 3.10. The second-order valence-corrected chi connectivity index (χ2v) is 6.99. The molecule has 2 unspecified atom stereocenters. The number of nitrogens with zero attached hydrogens (tertiary/aromatic N) is 1. The van der Waals surface area contributed by atoms with Gasteiger partial charge in [-0.3, -0.25) is 4.79 Å². The first-order valence-electron chi connectivity index (χ1n) is 8.54. The zero-order chi connectivity index (χ0) is 18.2. The van der Waals surface area contributed by atoms with E-state index in [-0.39, 0.29) is 50.1 Å². The van der Waals surface area contributed by atoms with E-state index in [9.17, 15) is 18.0 Å². The molecule has 1 saturated heterocycles. The van der Waals surface area contributed by atoms with Crippen molar-refractivity contribution in [2.24, 2.45) is 5.73 Å². The van der Waals surface area contributed by atoms with Gasteiger partial charge < -0.3 is 15.4 Å². The van der Waals surface area contributed by atoms with Crippen LogP contribution in [0.4, 0.5) is 13.2 Å². The lowest BCUT2D eigenvalue weighted by Gasteiger charge is -2.47. The van der Waals surface area contributed by atoms with Gasteiger partial charge in [0.25, 0.3) is 5.91 Å². The van der Waals surface area contributed by atoms with Crippen LogP contribution in [-0.4, -0.2) is 48.6 Å². The third-order valence-electron chi connectivity index (χ3n) is 5.64. The predicted molar refractivity (Wildman–Crippen MR) is 94.1 cm³/mol. The summed E-state index contributed by atoms with van der Waals surface area (Å²) in [4.78, 5) is 13.6. The highest BCUT2D eigenvalue weighted by Gasteiger charge is 2.63. The fourth-order valence-electron chi connectivity index (χ4n) is 3.83. The van der Waals surface area contributed by atoms with Crippen LogP contribution in [0.3, 0.4) is 0 Å². The molecule has 8 heteroatoms. The number of benzene rings is 1. The third-order valence-corrected chi connectivity index (χ3v) is 5.64. The third kappa shape index (κ3) is 3.44. The lowest BCUT2D eigenvalue weighted by atomic mass is 9.74. The average molecular weight is 393 g/mol. The molecule has 0 aromatic heterocycles. The van der Waals surface area contributed by atoms with Crippen LogP contribution < -0.4 is 5.73 Å². The summed E-state index contributed by atoms with van der Waals surface area (Å²) in [6, 6.07) is 5.54. The van der Waals surface area contributed by atoms with E-state index >= 15 is 0 Å². The van der Waals surface area contributed by atoms with Gasteiger partial charge in [0, 0.05) is 32.2 Å². The number of piperidine rings is 1. The van der Waals surface area contributed by atoms with Crippen LogP contribution in [0, 0.1) is 5.82 Å². The molecule has 26 heavy (non-hydrogen) atoms. The number of rotatable bonds is 4. The summed E-state index contributed by atoms with van der Waals surface area (Å²) in [5.41, 5.74) is 5.33. The molecule has 3 rings (SSSR count). The van der Waals surface area contributed by atoms with Gasteiger partial charge in [-0.25, -0.2) is 4.39 Å². The van der Waals surface area contributed by atoms with Gasteiger partial charge >= 0.3 is 5.92 Å². The van der Waals surface area contributed by atoms with Crippen LogP contribution >= 0.6 is 12.4 Å². The smallest absolute Gasteiger partial charge is 0.352 e. The molecule has 146 valence electrons. The Hall–Kier alpha value is -1.31. The monoisotopic (exact) mass is 392 g/mol. The van der Waals surface area contributed by atoms with Gasteiger partial charge in [0.2, 0.25) is 0 Å². The number of carbonyl (C=O) groups is 1. The SMILES string of the molecule is COC1(C(F)(F)C(=O)N2CCC(c3ccc(F)cc3)C(N)C2)CCC1.Cl. The minimum atomic E-state index is -3.55. The van der Waals surface area contributed by atoms with Gasteiger partial charge in [0.05, 0.1) is 0 Å². The Labute approximate surface area is 157 Å². The number of alkyl halides is 2. The molecule has 4 nitrogen and oxygen atoms in total. The fourth-order valence-corrected chi connectivity index (χ4v) is 3.83. The highest BCUT2D eigenvalue weighted by atomic mass is 35.5. The van der Waals surface area contributed by atoms with Crippen molar-refractivity contribution in [2.45, 2.75) is 49.2 Å². The summed E-state index contributed by atoms with van der Waals surface area (Å²) in [6.07, 6.45) is 1.46. The molecule has 1 heterocycles. The van der Waals surface area contributed by atoms with Crippen LogP contribution in [0.5, 0.6) is 0 Å². The molecular weight excluding hydrogens is 369 g/mol. The van der Waals surface area contributed by atoms with Crippen molar-refractivity contribution in [3.8, 4) is 0 Å². The van der Waals surface area contributed by atoms with Crippen LogP contribution in [0.25, 0.3) is 0 Å². The number of ether oxygens (including phenoxy) is 1. The second kappa shape index (κ2) is 7.74. The number of hydrogen-bond acceptors (Lipinski definition) is 3. The number of likely N-dealkylation sites (tertiary alicyclic amines) is 1. The summed E-state index contributed by atoms with van der Waals surface area (Å²) in [6.45, 7) is 0.250. The average Bonchev–Trinajstić information content (AvgIpc) is 2.54. The van der Waals surface area contributed by atoms with E-state index in [1.54, 1.807) is 12.1 Å². The Morgan fingerprint density at radius 1 is 1.31 bits per heavy atom. The van der Waals surface area contributed by atoms with E-state index in [2.05, 4.69) is 0 Å². The van der Waals surface area contributed by atoms with Crippen molar-refractivity contribution in [3.05, 3.63) is 35.6 Å². The molecule has 1 aromatic carbocycles. The quantitative estimate of drug-likeness (QED) is 0.856. The lowest BCUT2D eigenvalue weighted by molar-refractivity contribution is -0.234. The first kappa shape index (κ1) is 21.0. The number of amides is 1. The van der Waals surface area contributed by atoms with E-state index in [4.69, 9.17) is 10.5 Å². The van der Waals surface area contributed by atoms with Crippen molar-refractivity contribution in [1.29, 1.82) is 0 Å². The number of nitrogens with two attached hydrogens (primary N) is 1. The molecule has 1 aliphatic heterocycles. The summed E-state index contributed by atoms with van der Waals surface area (Å²) in [5, 5.41) is 0. The Morgan fingerprint density at radius 3 is 2.38 bits per heavy atom. The molecule has 0 spiro atoms. The lowest BCUT2D eigenvalue weighted by Crippen LogP contribution is -2.64. The first-order valence-corrected chi connectivity index (χ1v) is 8.54.